The van der Waals surface area contributed by atoms with Crippen LogP contribution < -0.4 is 5.73 Å². The van der Waals surface area contributed by atoms with E-state index in [9.17, 15) is 18.3 Å². The Bertz CT molecular complexity index is 1080. The number of anilines is 1. The Labute approximate surface area is 157 Å². The van der Waals surface area contributed by atoms with Gasteiger partial charge >= 0.3 is 6.18 Å². The summed E-state index contributed by atoms with van der Waals surface area (Å²) in [4.78, 5) is 8.09. The smallest absolute Gasteiger partial charge is 0.388 e. The summed E-state index contributed by atoms with van der Waals surface area (Å²) < 4.78 is 47.5. The van der Waals surface area contributed by atoms with Crippen LogP contribution in [0.4, 0.5) is 19.0 Å². The molecule has 3 N–H and O–H groups in total. The first kappa shape index (κ1) is 17.5. The highest BCUT2D eigenvalue weighted by molar-refractivity contribution is 6.02. The van der Waals surface area contributed by atoms with E-state index in [0.717, 1.165) is 30.7 Å². The lowest BCUT2D eigenvalue weighted by molar-refractivity contribution is -0.162. The van der Waals surface area contributed by atoms with Crippen molar-refractivity contribution < 1.29 is 22.8 Å². The molecule has 0 bridgehead atoms. The van der Waals surface area contributed by atoms with Gasteiger partial charge in [-0.05, 0) is 32.6 Å². The quantitative estimate of drug-likeness (QED) is 0.689. The van der Waals surface area contributed by atoms with Gasteiger partial charge in [0.2, 0.25) is 0 Å². The van der Waals surface area contributed by atoms with Gasteiger partial charge in [0.25, 0.3) is 0 Å². The zero-order chi connectivity index (χ0) is 19.8. The predicted octanol–water partition coefficient (Wildman–Crippen LogP) is 3.65. The van der Waals surface area contributed by atoms with Crippen molar-refractivity contribution in [2.75, 3.05) is 5.73 Å². The lowest BCUT2D eigenvalue weighted by atomic mass is 10.0. The number of nitrogen functional groups attached to an aromatic ring is 1. The van der Waals surface area contributed by atoms with Gasteiger partial charge in [0.1, 0.15) is 35.3 Å². The molecule has 10 heteroatoms. The molecular formula is C18H18F3N5O2. The molecule has 148 valence electrons. The Hall–Kier alpha value is -2.62. The predicted molar refractivity (Wildman–Crippen MR) is 93.5 cm³/mol. The lowest BCUT2D eigenvalue weighted by Crippen LogP contribution is -2.25. The van der Waals surface area contributed by atoms with E-state index >= 15 is 0 Å². The average molecular weight is 393 g/mol. The van der Waals surface area contributed by atoms with Crippen LogP contribution in [0.2, 0.25) is 0 Å². The van der Waals surface area contributed by atoms with Crippen LogP contribution in [0.15, 0.2) is 10.9 Å². The van der Waals surface area contributed by atoms with Crippen LogP contribution in [-0.4, -0.2) is 31.0 Å². The monoisotopic (exact) mass is 393 g/mol. The molecule has 0 radical (unpaired) electrons. The van der Waals surface area contributed by atoms with Crippen LogP contribution in [0, 0.1) is 0 Å². The number of rotatable bonds is 2. The fraction of sp³-hybridized carbons (Fsp3) is 0.500. The first-order valence-corrected chi connectivity index (χ1v) is 9.16. The fourth-order valence-electron chi connectivity index (χ4n) is 4.14. The molecule has 3 aromatic heterocycles. The van der Waals surface area contributed by atoms with Crippen molar-refractivity contribution in [2.45, 2.75) is 56.8 Å². The Morgan fingerprint density at radius 3 is 2.71 bits per heavy atom. The average Bonchev–Trinajstić information content (AvgIpc) is 3.32. The van der Waals surface area contributed by atoms with Crippen LogP contribution in [0.1, 0.15) is 61.3 Å². The summed E-state index contributed by atoms with van der Waals surface area (Å²) in [7, 11) is 0. The molecule has 5 rings (SSSR count). The van der Waals surface area contributed by atoms with Gasteiger partial charge in [-0.2, -0.15) is 13.2 Å². The number of hydrogen-bond donors (Lipinski definition) is 2. The van der Waals surface area contributed by atoms with Crippen LogP contribution in [0.3, 0.4) is 0 Å². The van der Waals surface area contributed by atoms with E-state index < -0.39 is 18.3 Å². The molecule has 2 aliphatic rings. The van der Waals surface area contributed by atoms with E-state index in [-0.39, 0.29) is 30.2 Å². The van der Waals surface area contributed by atoms with Gasteiger partial charge in [0, 0.05) is 17.2 Å². The van der Waals surface area contributed by atoms with E-state index in [1.807, 2.05) is 0 Å². The van der Waals surface area contributed by atoms with Gasteiger partial charge in [0.15, 0.2) is 0 Å². The molecule has 1 fully saturated rings. The molecule has 3 aromatic rings. The molecule has 0 aliphatic heterocycles. The Balaban J connectivity index is 1.87. The maximum absolute atomic E-state index is 13.6. The maximum atomic E-state index is 13.6. The topological polar surface area (TPSA) is 103 Å². The summed E-state index contributed by atoms with van der Waals surface area (Å²) in [5.41, 5.74) is 7.90. The summed E-state index contributed by atoms with van der Waals surface area (Å²) in [5.74, 6) is 0.895. The second-order valence-corrected chi connectivity index (χ2v) is 7.50. The summed E-state index contributed by atoms with van der Waals surface area (Å²) in [6, 6.07) is -1.82. The van der Waals surface area contributed by atoms with E-state index in [4.69, 9.17) is 10.3 Å². The van der Waals surface area contributed by atoms with Gasteiger partial charge in [-0.25, -0.2) is 9.97 Å². The molecule has 0 aromatic carbocycles. The largest absolute Gasteiger partial charge is 0.408 e. The van der Waals surface area contributed by atoms with Gasteiger partial charge in [0.05, 0.1) is 17.1 Å². The molecule has 7 nitrogen and oxygen atoms in total. The molecule has 1 saturated carbocycles. The molecule has 2 aliphatic carbocycles. The molecule has 2 atom stereocenters. The van der Waals surface area contributed by atoms with Gasteiger partial charge in [-0.15, -0.1) is 0 Å². The van der Waals surface area contributed by atoms with Crippen molar-refractivity contribution in [1.82, 2.24) is 19.7 Å². The van der Waals surface area contributed by atoms with E-state index in [1.54, 1.807) is 0 Å². The van der Waals surface area contributed by atoms with Crippen LogP contribution in [-0.2, 0) is 6.42 Å². The number of nitrogens with two attached hydrogens (primary N) is 1. The van der Waals surface area contributed by atoms with Crippen LogP contribution >= 0.6 is 0 Å². The van der Waals surface area contributed by atoms with Crippen molar-refractivity contribution in [2.24, 2.45) is 0 Å². The summed E-state index contributed by atoms with van der Waals surface area (Å²) >= 11 is 0. The molecule has 28 heavy (non-hydrogen) atoms. The van der Waals surface area contributed by atoms with Crippen molar-refractivity contribution in [1.29, 1.82) is 0 Å². The van der Waals surface area contributed by atoms with Gasteiger partial charge < -0.3 is 19.9 Å². The zero-order valence-corrected chi connectivity index (χ0v) is 15.0. The molecular weight excluding hydrogens is 375 g/mol. The third kappa shape index (κ3) is 2.36. The first-order valence-electron chi connectivity index (χ1n) is 9.16. The summed E-state index contributed by atoms with van der Waals surface area (Å²) in [5, 5.41) is 15.2. The van der Waals surface area contributed by atoms with Gasteiger partial charge in [-0.3, -0.25) is 0 Å². The number of aliphatic hydroxyl groups is 1. The minimum atomic E-state index is -4.48. The summed E-state index contributed by atoms with van der Waals surface area (Å²) in [6.07, 6.45) is -1.80. The van der Waals surface area contributed by atoms with Crippen molar-refractivity contribution in [3.05, 3.63) is 23.3 Å². The van der Waals surface area contributed by atoms with E-state index in [0.29, 0.717) is 33.7 Å². The van der Waals surface area contributed by atoms with Crippen molar-refractivity contribution in [3.63, 3.8) is 0 Å². The minimum absolute atomic E-state index is 0.0766. The maximum Gasteiger partial charge on any atom is 0.408 e. The number of hydrogen-bond acceptors (Lipinski definition) is 6. The highest BCUT2D eigenvalue weighted by Gasteiger charge is 2.43. The Morgan fingerprint density at radius 1 is 1.29 bits per heavy atom. The zero-order valence-electron chi connectivity index (χ0n) is 15.0. The standard InChI is InChI=1S/C18H18F3N5O2/c1-7(18(19,20)21)26-9-4-5-10(27)12-14(25-28-15(12)8-2-3-8)11(9)13-16(22)23-6-24-17(13)26/h6-8,10,27H,2-5H2,1H3,(H2,22,23,24)/t7-,10-/m1/s1. The molecule has 0 saturated heterocycles. The molecule has 0 spiro atoms. The normalized spacial score (nSPS) is 20.7. The van der Waals surface area contributed by atoms with Crippen LogP contribution in [0.5, 0.6) is 0 Å². The third-order valence-corrected chi connectivity index (χ3v) is 5.70. The van der Waals surface area contributed by atoms with E-state index in [1.165, 1.54) is 0 Å². The second kappa shape index (κ2) is 5.69. The summed E-state index contributed by atoms with van der Waals surface area (Å²) in [6.45, 7) is 1.08. The molecule has 0 amide bonds. The fourth-order valence-corrected chi connectivity index (χ4v) is 4.14. The number of fused-ring (bicyclic) bond motifs is 5. The van der Waals surface area contributed by atoms with Gasteiger partial charge in [-0.1, -0.05) is 5.16 Å². The number of alkyl halides is 3. The third-order valence-electron chi connectivity index (χ3n) is 5.70. The van der Waals surface area contributed by atoms with E-state index in [2.05, 4.69) is 15.1 Å². The Kier molecular flexibility index (Phi) is 3.55. The molecule has 0 unspecified atom stereocenters. The lowest BCUT2D eigenvalue weighted by Gasteiger charge is -2.21. The number of nitrogens with zero attached hydrogens (tertiary/aromatic N) is 4. The van der Waals surface area contributed by atoms with Crippen molar-refractivity contribution >= 4 is 16.9 Å². The highest BCUT2D eigenvalue weighted by atomic mass is 19.4. The van der Waals surface area contributed by atoms with Crippen molar-refractivity contribution in [3.8, 4) is 11.3 Å². The number of aromatic nitrogens is 4. The Morgan fingerprint density at radius 2 is 2.04 bits per heavy atom. The SMILES string of the molecule is C[C@@H](n1c2c(c3c(N)ncnc31)-c1noc(C3CC3)c1[C@H](O)CC2)C(F)(F)F. The second-order valence-electron chi connectivity index (χ2n) is 7.50. The molecule has 3 heterocycles. The number of halogens is 3. The van der Waals surface area contributed by atoms with Crippen LogP contribution in [0.25, 0.3) is 22.3 Å². The first-order chi connectivity index (χ1) is 13.3. The minimum Gasteiger partial charge on any atom is -0.388 e. The highest BCUT2D eigenvalue weighted by Crippen LogP contribution is 2.51. The number of aliphatic hydroxyl groups excluding tert-OH is 1.